The number of rotatable bonds is 2. The second kappa shape index (κ2) is 4.74. The number of carbonyl (C=O) groups is 1. The molecule has 2 aromatic heterocycles. The largest absolute Gasteiger partial charge is 0.305 e. The second-order valence-corrected chi connectivity index (χ2v) is 4.49. The zero-order chi connectivity index (χ0) is 13.2. The number of fused-ring (bicyclic) bond motifs is 1. The zero-order valence-electron chi connectivity index (χ0n) is 9.88. The van der Waals surface area contributed by atoms with Crippen LogP contribution in [0.2, 0.25) is 5.02 Å². The number of nitrogens with one attached hydrogen (secondary N) is 1. The van der Waals surface area contributed by atoms with Gasteiger partial charge in [-0.05, 0) is 30.3 Å². The van der Waals surface area contributed by atoms with Crippen molar-refractivity contribution in [3.05, 3.63) is 65.4 Å². The number of nitrogens with zero attached hydrogens (tertiary/aromatic N) is 2. The lowest BCUT2D eigenvalue weighted by Gasteiger charge is -2.01. The highest BCUT2D eigenvalue weighted by atomic mass is 35.5. The van der Waals surface area contributed by atoms with Gasteiger partial charge in [0.15, 0.2) is 5.82 Å². The van der Waals surface area contributed by atoms with E-state index in [1.165, 1.54) is 0 Å². The first-order valence-corrected chi connectivity index (χ1v) is 6.11. The van der Waals surface area contributed by atoms with Crippen molar-refractivity contribution >= 4 is 29.0 Å². The molecule has 1 amide bonds. The maximum absolute atomic E-state index is 12.0. The SMILES string of the molecule is O=C(Nc1cn2ccccc2n1)c1cccc(Cl)c1. The van der Waals surface area contributed by atoms with Gasteiger partial charge in [0.05, 0.1) is 6.20 Å². The minimum absolute atomic E-state index is 0.231. The molecule has 0 unspecified atom stereocenters. The van der Waals surface area contributed by atoms with Crippen molar-refractivity contribution in [1.82, 2.24) is 9.38 Å². The highest BCUT2D eigenvalue weighted by Crippen LogP contribution is 2.14. The Hall–Kier alpha value is -2.33. The van der Waals surface area contributed by atoms with Crippen molar-refractivity contribution in [2.45, 2.75) is 0 Å². The summed E-state index contributed by atoms with van der Waals surface area (Å²) in [4.78, 5) is 16.3. The van der Waals surface area contributed by atoms with E-state index >= 15 is 0 Å². The first-order chi connectivity index (χ1) is 9.22. The molecule has 4 nitrogen and oxygen atoms in total. The topological polar surface area (TPSA) is 46.4 Å². The van der Waals surface area contributed by atoms with Crippen LogP contribution in [0, 0.1) is 0 Å². The predicted molar refractivity (Wildman–Crippen MR) is 74.6 cm³/mol. The second-order valence-electron chi connectivity index (χ2n) is 4.06. The van der Waals surface area contributed by atoms with Crippen LogP contribution in [-0.4, -0.2) is 15.3 Å². The summed E-state index contributed by atoms with van der Waals surface area (Å²) in [6.45, 7) is 0. The number of imidazole rings is 1. The molecule has 1 N–H and O–H groups in total. The third-order valence-corrected chi connectivity index (χ3v) is 2.93. The van der Waals surface area contributed by atoms with E-state index in [2.05, 4.69) is 10.3 Å². The molecule has 94 valence electrons. The lowest BCUT2D eigenvalue weighted by atomic mass is 10.2. The third-order valence-electron chi connectivity index (χ3n) is 2.69. The van der Waals surface area contributed by atoms with Gasteiger partial charge in [0.2, 0.25) is 0 Å². The van der Waals surface area contributed by atoms with Crippen molar-refractivity contribution in [2.75, 3.05) is 5.32 Å². The van der Waals surface area contributed by atoms with Crippen LogP contribution < -0.4 is 5.32 Å². The molecule has 0 saturated carbocycles. The molecule has 0 aliphatic rings. The van der Waals surface area contributed by atoms with E-state index in [1.807, 2.05) is 28.8 Å². The molecule has 2 heterocycles. The molecule has 0 saturated heterocycles. The van der Waals surface area contributed by atoms with Gasteiger partial charge < -0.3 is 9.72 Å². The number of hydrogen-bond donors (Lipinski definition) is 1. The Morgan fingerprint density at radius 1 is 1.21 bits per heavy atom. The maximum atomic E-state index is 12.0. The Balaban J connectivity index is 1.86. The van der Waals surface area contributed by atoms with Gasteiger partial charge in [-0.1, -0.05) is 23.7 Å². The number of benzene rings is 1. The molecule has 0 fully saturated rings. The first kappa shape index (κ1) is 11.7. The molecule has 3 rings (SSSR count). The number of carbonyl (C=O) groups excluding carboxylic acids is 1. The molecule has 3 aromatic rings. The Morgan fingerprint density at radius 3 is 2.89 bits per heavy atom. The summed E-state index contributed by atoms with van der Waals surface area (Å²) < 4.78 is 1.84. The van der Waals surface area contributed by atoms with Crippen LogP contribution in [0.1, 0.15) is 10.4 Å². The molecular formula is C14H10ClN3O. The van der Waals surface area contributed by atoms with E-state index in [9.17, 15) is 4.79 Å². The van der Waals surface area contributed by atoms with Crippen molar-refractivity contribution < 1.29 is 4.79 Å². The Morgan fingerprint density at radius 2 is 2.11 bits per heavy atom. The van der Waals surface area contributed by atoms with Crippen LogP contribution in [0.5, 0.6) is 0 Å². The summed E-state index contributed by atoms with van der Waals surface area (Å²) in [7, 11) is 0. The van der Waals surface area contributed by atoms with Crippen LogP contribution in [0.3, 0.4) is 0 Å². The molecule has 0 aliphatic heterocycles. The van der Waals surface area contributed by atoms with Crippen LogP contribution in [0.15, 0.2) is 54.9 Å². The van der Waals surface area contributed by atoms with Crippen LogP contribution in [0.25, 0.3) is 5.65 Å². The minimum Gasteiger partial charge on any atom is -0.305 e. The summed E-state index contributed by atoms with van der Waals surface area (Å²) in [6, 6.07) is 12.4. The van der Waals surface area contributed by atoms with E-state index in [0.29, 0.717) is 16.4 Å². The fourth-order valence-electron chi connectivity index (χ4n) is 1.81. The zero-order valence-corrected chi connectivity index (χ0v) is 10.6. The Labute approximate surface area is 114 Å². The van der Waals surface area contributed by atoms with Crippen LogP contribution in [-0.2, 0) is 0 Å². The quantitative estimate of drug-likeness (QED) is 0.778. The molecule has 0 aliphatic carbocycles. The van der Waals surface area contributed by atoms with E-state index in [4.69, 9.17) is 11.6 Å². The molecule has 0 atom stereocenters. The van der Waals surface area contributed by atoms with Crippen molar-refractivity contribution in [3.63, 3.8) is 0 Å². The van der Waals surface area contributed by atoms with Gasteiger partial charge in [0.1, 0.15) is 5.65 Å². The van der Waals surface area contributed by atoms with Gasteiger partial charge in [-0.15, -0.1) is 0 Å². The van der Waals surface area contributed by atoms with Gasteiger partial charge in [-0.3, -0.25) is 4.79 Å². The monoisotopic (exact) mass is 271 g/mol. The van der Waals surface area contributed by atoms with E-state index in [1.54, 1.807) is 30.5 Å². The predicted octanol–water partition coefficient (Wildman–Crippen LogP) is 3.24. The third kappa shape index (κ3) is 2.44. The summed E-state index contributed by atoms with van der Waals surface area (Å²) in [5.41, 5.74) is 1.29. The fraction of sp³-hybridized carbons (Fsp3) is 0. The minimum atomic E-state index is -0.231. The van der Waals surface area contributed by atoms with Gasteiger partial charge in [-0.2, -0.15) is 0 Å². The first-order valence-electron chi connectivity index (χ1n) is 5.73. The van der Waals surface area contributed by atoms with Gasteiger partial charge in [0, 0.05) is 16.8 Å². The van der Waals surface area contributed by atoms with Crippen LogP contribution >= 0.6 is 11.6 Å². The number of pyridine rings is 1. The lowest BCUT2D eigenvalue weighted by Crippen LogP contribution is -2.11. The highest BCUT2D eigenvalue weighted by Gasteiger charge is 2.08. The average molecular weight is 272 g/mol. The molecule has 19 heavy (non-hydrogen) atoms. The average Bonchev–Trinajstić information content (AvgIpc) is 2.80. The highest BCUT2D eigenvalue weighted by molar-refractivity contribution is 6.31. The summed E-state index contributed by atoms with van der Waals surface area (Å²) in [6.07, 6.45) is 3.63. The van der Waals surface area contributed by atoms with Crippen molar-refractivity contribution in [1.29, 1.82) is 0 Å². The van der Waals surface area contributed by atoms with Gasteiger partial charge in [0.25, 0.3) is 5.91 Å². The number of hydrogen-bond acceptors (Lipinski definition) is 2. The standard InChI is InChI=1S/C14H10ClN3O/c15-11-5-3-4-10(8-11)14(19)17-12-9-18-7-2-1-6-13(18)16-12/h1-9H,(H,17,19). The lowest BCUT2D eigenvalue weighted by molar-refractivity contribution is 0.102. The fourth-order valence-corrected chi connectivity index (χ4v) is 2.00. The molecular weight excluding hydrogens is 262 g/mol. The van der Waals surface area contributed by atoms with E-state index in [0.717, 1.165) is 5.65 Å². The van der Waals surface area contributed by atoms with E-state index in [-0.39, 0.29) is 5.91 Å². The number of aromatic nitrogens is 2. The Kier molecular flexibility index (Phi) is 2.93. The number of amides is 1. The van der Waals surface area contributed by atoms with Gasteiger partial charge in [-0.25, -0.2) is 4.98 Å². The molecule has 1 aromatic carbocycles. The van der Waals surface area contributed by atoms with Crippen LogP contribution in [0.4, 0.5) is 5.82 Å². The molecule has 0 bridgehead atoms. The Bertz CT molecular complexity index is 718. The normalized spacial score (nSPS) is 10.6. The van der Waals surface area contributed by atoms with Crippen molar-refractivity contribution in [2.24, 2.45) is 0 Å². The summed E-state index contributed by atoms with van der Waals surface area (Å²) >= 11 is 5.86. The summed E-state index contributed by atoms with van der Waals surface area (Å²) in [5, 5.41) is 3.28. The molecule has 0 radical (unpaired) electrons. The van der Waals surface area contributed by atoms with E-state index < -0.39 is 0 Å². The number of halogens is 1. The van der Waals surface area contributed by atoms with Crippen molar-refractivity contribution in [3.8, 4) is 0 Å². The summed E-state index contributed by atoms with van der Waals surface area (Å²) in [5.74, 6) is 0.280. The molecule has 5 heteroatoms. The smallest absolute Gasteiger partial charge is 0.256 e. The number of anilines is 1. The molecule has 0 spiro atoms. The maximum Gasteiger partial charge on any atom is 0.256 e. The van der Waals surface area contributed by atoms with Gasteiger partial charge >= 0.3 is 0 Å².